The van der Waals surface area contributed by atoms with Gasteiger partial charge in [0.15, 0.2) is 5.16 Å². The Hall–Kier alpha value is -1.30. The maximum absolute atomic E-state index is 12.3. The van der Waals surface area contributed by atoms with Gasteiger partial charge in [-0.25, -0.2) is 9.97 Å². The van der Waals surface area contributed by atoms with Gasteiger partial charge in [-0.2, -0.15) is 0 Å². The minimum Gasteiger partial charge on any atom is -0.356 e. The minimum atomic E-state index is -0.179. The zero-order chi connectivity index (χ0) is 15.6. The number of hydrogen-bond acceptors (Lipinski definition) is 5. The molecule has 1 fully saturated rings. The van der Waals surface area contributed by atoms with Gasteiger partial charge in [-0.15, -0.1) is 0 Å². The summed E-state index contributed by atoms with van der Waals surface area (Å²) < 4.78 is 0. The van der Waals surface area contributed by atoms with E-state index in [-0.39, 0.29) is 17.4 Å². The first-order valence-electron chi connectivity index (χ1n) is 7.25. The van der Waals surface area contributed by atoms with Crippen LogP contribution in [-0.4, -0.2) is 40.8 Å². The summed E-state index contributed by atoms with van der Waals surface area (Å²) in [5.41, 5.74) is 0.786. The number of rotatable bonds is 3. The maximum atomic E-state index is 12.3. The summed E-state index contributed by atoms with van der Waals surface area (Å²) in [6, 6.07) is 1.99. The number of amides is 1. The molecule has 1 aromatic heterocycles. The van der Waals surface area contributed by atoms with Crippen LogP contribution < -0.4 is 10.2 Å². The van der Waals surface area contributed by atoms with Crippen molar-refractivity contribution in [2.75, 3.05) is 24.2 Å². The van der Waals surface area contributed by atoms with Gasteiger partial charge in [0.05, 0.1) is 5.92 Å². The van der Waals surface area contributed by atoms with Crippen LogP contribution in [0.2, 0.25) is 0 Å². The van der Waals surface area contributed by atoms with E-state index in [2.05, 4.69) is 20.2 Å². The number of carbonyl (C=O) groups is 1. The lowest BCUT2D eigenvalue weighted by atomic mass is 10.0. The first-order valence-corrected chi connectivity index (χ1v) is 8.47. The van der Waals surface area contributed by atoms with E-state index < -0.39 is 0 Å². The van der Waals surface area contributed by atoms with E-state index in [1.54, 1.807) is 11.8 Å². The van der Waals surface area contributed by atoms with Crippen molar-refractivity contribution in [1.29, 1.82) is 0 Å². The fourth-order valence-electron chi connectivity index (χ4n) is 2.43. The molecule has 6 heteroatoms. The molecule has 1 aliphatic heterocycles. The van der Waals surface area contributed by atoms with E-state index in [9.17, 15) is 4.79 Å². The van der Waals surface area contributed by atoms with Crippen molar-refractivity contribution in [3.63, 3.8) is 0 Å². The van der Waals surface area contributed by atoms with Crippen LogP contribution in [0.4, 0.5) is 5.82 Å². The van der Waals surface area contributed by atoms with Crippen LogP contribution in [-0.2, 0) is 4.79 Å². The lowest BCUT2D eigenvalue weighted by molar-refractivity contribution is -0.125. The average molecular weight is 308 g/mol. The number of aromatic nitrogens is 2. The zero-order valence-electron chi connectivity index (χ0n) is 13.4. The SMILES string of the molecule is CSc1nc(C)cc(N2CCC(C(=O)NC(C)(C)C)C2)n1. The third kappa shape index (κ3) is 4.33. The van der Waals surface area contributed by atoms with Gasteiger partial charge in [0.25, 0.3) is 0 Å². The van der Waals surface area contributed by atoms with Gasteiger partial charge in [0.2, 0.25) is 5.91 Å². The molecule has 0 radical (unpaired) electrons. The van der Waals surface area contributed by atoms with Crippen molar-refractivity contribution in [2.45, 2.75) is 44.8 Å². The Morgan fingerprint density at radius 2 is 2.14 bits per heavy atom. The molecule has 1 atom stereocenters. The molecular formula is C15H24N4OS. The first-order chi connectivity index (χ1) is 9.78. The molecule has 1 aromatic rings. The van der Waals surface area contributed by atoms with Crippen molar-refractivity contribution >= 4 is 23.5 Å². The smallest absolute Gasteiger partial charge is 0.225 e. The number of aryl methyl sites for hydroxylation is 1. The van der Waals surface area contributed by atoms with Crippen LogP contribution in [0, 0.1) is 12.8 Å². The molecule has 2 heterocycles. The molecule has 5 nitrogen and oxygen atoms in total. The van der Waals surface area contributed by atoms with E-state index in [4.69, 9.17) is 0 Å². The normalized spacial score (nSPS) is 18.9. The zero-order valence-corrected chi connectivity index (χ0v) is 14.3. The molecule has 116 valence electrons. The lowest BCUT2D eigenvalue weighted by Gasteiger charge is -2.23. The Kier molecular flexibility index (Phi) is 4.76. The van der Waals surface area contributed by atoms with Gasteiger partial charge in [0.1, 0.15) is 5.82 Å². The average Bonchev–Trinajstić information content (AvgIpc) is 2.85. The van der Waals surface area contributed by atoms with Gasteiger partial charge >= 0.3 is 0 Å². The topological polar surface area (TPSA) is 58.1 Å². The lowest BCUT2D eigenvalue weighted by Crippen LogP contribution is -2.44. The van der Waals surface area contributed by atoms with Crippen molar-refractivity contribution in [2.24, 2.45) is 5.92 Å². The molecule has 2 rings (SSSR count). The number of nitrogens with one attached hydrogen (secondary N) is 1. The summed E-state index contributed by atoms with van der Waals surface area (Å²) in [7, 11) is 0. The molecule has 1 aliphatic rings. The Balaban J connectivity index is 2.05. The maximum Gasteiger partial charge on any atom is 0.225 e. The van der Waals surface area contributed by atoms with Crippen molar-refractivity contribution in [3.8, 4) is 0 Å². The molecule has 1 N–H and O–H groups in total. The summed E-state index contributed by atoms with van der Waals surface area (Å²) in [6.45, 7) is 9.60. The minimum absolute atomic E-state index is 0.0391. The molecule has 1 amide bonds. The number of nitrogens with zero attached hydrogens (tertiary/aromatic N) is 3. The van der Waals surface area contributed by atoms with Crippen molar-refractivity contribution < 1.29 is 4.79 Å². The van der Waals surface area contributed by atoms with E-state index in [0.717, 1.165) is 36.2 Å². The first kappa shape index (κ1) is 16.1. The standard InChI is InChI=1S/C15H24N4OS/c1-10-8-12(17-14(16-10)21-5)19-7-6-11(9-19)13(20)18-15(2,3)4/h8,11H,6-7,9H2,1-5H3,(H,18,20). The van der Waals surface area contributed by atoms with Gasteiger partial charge in [-0.05, 0) is 40.4 Å². The number of hydrogen-bond donors (Lipinski definition) is 1. The van der Waals surface area contributed by atoms with Crippen molar-refractivity contribution in [1.82, 2.24) is 15.3 Å². The molecule has 1 unspecified atom stereocenters. The largest absolute Gasteiger partial charge is 0.356 e. The summed E-state index contributed by atoms with van der Waals surface area (Å²) in [6.07, 6.45) is 2.85. The van der Waals surface area contributed by atoms with E-state index >= 15 is 0 Å². The molecule has 21 heavy (non-hydrogen) atoms. The molecule has 0 bridgehead atoms. The summed E-state index contributed by atoms with van der Waals surface area (Å²) >= 11 is 1.54. The summed E-state index contributed by atoms with van der Waals surface area (Å²) in [5, 5.41) is 3.85. The van der Waals surface area contributed by atoms with Crippen LogP contribution >= 0.6 is 11.8 Å². The Morgan fingerprint density at radius 1 is 1.43 bits per heavy atom. The third-order valence-corrected chi connectivity index (χ3v) is 3.93. The van der Waals surface area contributed by atoms with Crippen molar-refractivity contribution in [3.05, 3.63) is 11.8 Å². The Morgan fingerprint density at radius 3 is 2.76 bits per heavy atom. The fourth-order valence-corrected chi connectivity index (χ4v) is 2.85. The quantitative estimate of drug-likeness (QED) is 0.685. The fraction of sp³-hybridized carbons (Fsp3) is 0.667. The summed E-state index contributed by atoms with van der Waals surface area (Å²) in [4.78, 5) is 23.4. The van der Waals surface area contributed by atoms with E-state index in [1.807, 2.05) is 40.0 Å². The van der Waals surface area contributed by atoms with Crippen LogP contribution in [0.3, 0.4) is 0 Å². The van der Waals surface area contributed by atoms with E-state index in [1.165, 1.54) is 0 Å². The highest BCUT2D eigenvalue weighted by Crippen LogP contribution is 2.25. The molecule has 0 aliphatic carbocycles. The van der Waals surface area contributed by atoms with Gasteiger partial charge in [0, 0.05) is 30.4 Å². The third-order valence-electron chi connectivity index (χ3n) is 3.38. The van der Waals surface area contributed by atoms with Crippen LogP contribution in [0.1, 0.15) is 32.9 Å². The van der Waals surface area contributed by atoms with Gasteiger partial charge in [-0.1, -0.05) is 11.8 Å². The second-order valence-electron chi connectivity index (χ2n) is 6.53. The highest BCUT2D eigenvalue weighted by molar-refractivity contribution is 7.98. The Bertz CT molecular complexity index is 527. The van der Waals surface area contributed by atoms with Gasteiger partial charge < -0.3 is 10.2 Å². The highest BCUT2D eigenvalue weighted by Gasteiger charge is 2.31. The predicted molar refractivity (Wildman–Crippen MR) is 86.8 cm³/mol. The molecule has 1 saturated heterocycles. The molecular weight excluding hydrogens is 284 g/mol. The number of thioether (sulfide) groups is 1. The van der Waals surface area contributed by atoms with Gasteiger partial charge in [-0.3, -0.25) is 4.79 Å². The molecule has 0 spiro atoms. The number of carbonyl (C=O) groups excluding carboxylic acids is 1. The second-order valence-corrected chi connectivity index (χ2v) is 7.30. The number of anilines is 1. The highest BCUT2D eigenvalue weighted by atomic mass is 32.2. The summed E-state index contributed by atoms with van der Waals surface area (Å²) in [5.74, 6) is 1.11. The van der Waals surface area contributed by atoms with Crippen LogP contribution in [0.5, 0.6) is 0 Å². The van der Waals surface area contributed by atoms with Crippen LogP contribution in [0.15, 0.2) is 11.2 Å². The Labute approximate surface area is 130 Å². The molecule has 0 saturated carbocycles. The monoisotopic (exact) mass is 308 g/mol. The van der Waals surface area contributed by atoms with E-state index in [0.29, 0.717) is 0 Å². The van der Waals surface area contributed by atoms with Crippen LogP contribution in [0.25, 0.3) is 0 Å². The second kappa shape index (κ2) is 6.22. The predicted octanol–water partition coefficient (Wildman–Crippen LogP) is 2.25. The molecule has 0 aromatic carbocycles.